The Morgan fingerprint density at radius 1 is 1.26 bits per heavy atom. The molecule has 0 bridgehead atoms. The molecule has 0 saturated heterocycles. The van der Waals surface area contributed by atoms with Crippen LogP contribution < -0.4 is 4.72 Å². The predicted molar refractivity (Wildman–Crippen MR) is 77.1 cm³/mol. The normalized spacial score (nSPS) is 11.5. The van der Waals surface area contributed by atoms with E-state index in [-0.39, 0.29) is 4.90 Å². The second-order valence-electron chi connectivity index (χ2n) is 4.16. The topological polar surface area (TPSA) is 74.8 Å². The molecule has 5 nitrogen and oxygen atoms in total. The van der Waals surface area contributed by atoms with Crippen LogP contribution in [0.5, 0.6) is 0 Å². The fourth-order valence-electron chi connectivity index (χ4n) is 1.58. The summed E-state index contributed by atoms with van der Waals surface area (Å²) in [5.74, 6) is 0.394. The van der Waals surface area contributed by atoms with Gasteiger partial charge in [0.1, 0.15) is 5.82 Å². The number of H-pyrrole nitrogens is 1. The first-order valence-electron chi connectivity index (χ1n) is 5.61. The van der Waals surface area contributed by atoms with Crippen molar-refractivity contribution in [1.82, 2.24) is 10.2 Å². The molecule has 0 amide bonds. The van der Waals surface area contributed by atoms with Gasteiger partial charge in [0.05, 0.1) is 16.0 Å². The van der Waals surface area contributed by atoms with E-state index >= 15 is 0 Å². The minimum Gasteiger partial charge on any atom is -0.263 e. The quantitative estimate of drug-likeness (QED) is 0.850. The summed E-state index contributed by atoms with van der Waals surface area (Å²) in [5.41, 5.74) is 2.00. The first-order chi connectivity index (χ1) is 8.94. The van der Waals surface area contributed by atoms with Gasteiger partial charge in [-0.1, -0.05) is 6.07 Å². The van der Waals surface area contributed by atoms with E-state index in [0.29, 0.717) is 5.82 Å². The number of hydrogen-bond donors (Lipinski definition) is 2. The van der Waals surface area contributed by atoms with Crippen molar-refractivity contribution in [1.29, 1.82) is 0 Å². The second kappa shape index (κ2) is 5.26. The Labute approximate surface area is 116 Å². The van der Waals surface area contributed by atoms with Crippen LogP contribution in [0.25, 0.3) is 0 Å². The minimum absolute atomic E-state index is 0.247. The fraction of sp³-hybridized carbons (Fsp3) is 0.250. The lowest BCUT2D eigenvalue weighted by atomic mass is 10.1. The van der Waals surface area contributed by atoms with Gasteiger partial charge in [0.15, 0.2) is 0 Å². The predicted octanol–water partition coefficient (Wildman–Crippen LogP) is 2.55. The summed E-state index contributed by atoms with van der Waals surface area (Å²) >= 11 is 1.42. The number of hydrogen-bond acceptors (Lipinski definition) is 4. The monoisotopic (exact) mass is 297 g/mol. The molecule has 0 saturated carbocycles. The standard InChI is InChI=1S/C12H15N3O2S2/c1-8-4-5-10(6-9(8)2)19(16,17)15-12-11(18-3)7-13-14-12/h4-7H,1-3H3,(H2,13,14,15). The molecule has 1 heterocycles. The largest absolute Gasteiger partial charge is 0.263 e. The molecular weight excluding hydrogens is 282 g/mol. The highest BCUT2D eigenvalue weighted by atomic mass is 32.2. The molecule has 1 aromatic carbocycles. The molecule has 19 heavy (non-hydrogen) atoms. The Kier molecular flexibility index (Phi) is 3.86. The number of nitrogens with zero attached hydrogens (tertiary/aromatic N) is 1. The number of nitrogens with one attached hydrogen (secondary N) is 2. The molecule has 0 spiro atoms. The Morgan fingerprint density at radius 3 is 2.63 bits per heavy atom. The molecule has 0 aliphatic heterocycles. The first-order valence-corrected chi connectivity index (χ1v) is 8.32. The van der Waals surface area contributed by atoms with Gasteiger partial charge >= 0.3 is 0 Å². The first kappa shape index (κ1) is 14.0. The average molecular weight is 297 g/mol. The Morgan fingerprint density at radius 2 is 2.00 bits per heavy atom. The lowest BCUT2D eigenvalue weighted by Gasteiger charge is -2.09. The van der Waals surface area contributed by atoms with Gasteiger partial charge in [-0.2, -0.15) is 5.10 Å². The lowest BCUT2D eigenvalue weighted by Crippen LogP contribution is -2.14. The van der Waals surface area contributed by atoms with Crippen LogP contribution in [0.3, 0.4) is 0 Å². The van der Waals surface area contributed by atoms with Gasteiger partial charge in [0, 0.05) is 0 Å². The van der Waals surface area contributed by atoms with Crippen molar-refractivity contribution >= 4 is 27.6 Å². The van der Waals surface area contributed by atoms with Gasteiger partial charge in [-0.25, -0.2) is 8.42 Å². The molecule has 0 fully saturated rings. The molecule has 2 aromatic rings. The van der Waals surface area contributed by atoms with Gasteiger partial charge in [0.2, 0.25) is 0 Å². The summed E-state index contributed by atoms with van der Waals surface area (Å²) in [4.78, 5) is 1.00. The SMILES string of the molecule is CSc1cn[nH]c1NS(=O)(=O)c1ccc(C)c(C)c1. The third-order valence-electron chi connectivity index (χ3n) is 2.85. The molecule has 0 aliphatic rings. The van der Waals surface area contributed by atoms with E-state index < -0.39 is 10.0 Å². The number of thioether (sulfide) groups is 1. The maximum Gasteiger partial charge on any atom is 0.263 e. The fourth-order valence-corrected chi connectivity index (χ4v) is 3.22. The highest BCUT2D eigenvalue weighted by Gasteiger charge is 2.17. The van der Waals surface area contributed by atoms with E-state index in [1.165, 1.54) is 11.8 Å². The van der Waals surface area contributed by atoms with E-state index in [2.05, 4.69) is 14.9 Å². The van der Waals surface area contributed by atoms with Crippen LogP contribution in [-0.4, -0.2) is 24.9 Å². The number of anilines is 1. The van der Waals surface area contributed by atoms with E-state index in [1.807, 2.05) is 20.1 Å². The van der Waals surface area contributed by atoms with Gasteiger partial charge in [-0.05, 0) is 43.4 Å². The van der Waals surface area contributed by atoms with Crippen molar-refractivity contribution in [3.8, 4) is 0 Å². The average Bonchev–Trinajstić information content (AvgIpc) is 2.79. The van der Waals surface area contributed by atoms with E-state index in [0.717, 1.165) is 16.0 Å². The zero-order valence-corrected chi connectivity index (χ0v) is 12.5. The molecule has 102 valence electrons. The number of aromatic nitrogens is 2. The summed E-state index contributed by atoms with van der Waals surface area (Å²) in [6.07, 6.45) is 3.45. The van der Waals surface area contributed by atoms with Crippen LogP contribution in [0, 0.1) is 13.8 Å². The Balaban J connectivity index is 2.35. The number of aromatic amines is 1. The van der Waals surface area contributed by atoms with Crippen molar-refractivity contribution in [2.75, 3.05) is 11.0 Å². The van der Waals surface area contributed by atoms with Crippen LogP contribution in [0.4, 0.5) is 5.82 Å². The second-order valence-corrected chi connectivity index (χ2v) is 6.70. The van der Waals surface area contributed by atoms with Crippen molar-refractivity contribution in [2.45, 2.75) is 23.6 Å². The Hall–Kier alpha value is -1.47. The van der Waals surface area contributed by atoms with Crippen LogP contribution in [-0.2, 0) is 10.0 Å². The lowest BCUT2D eigenvalue weighted by molar-refractivity contribution is 0.601. The third kappa shape index (κ3) is 2.93. The van der Waals surface area contributed by atoms with Crippen LogP contribution in [0.1, 0.15) is 11.1 Å². The van der Waals surface area contributed by atoms with Crippen molar-refractivity contribution in [3.05, 3.63) is 35.5 Å². The van der Waals surface area contributed by atoms with Crippen molar-refractivity contribution < 1.29 is 8.42 Å². The van der Waals surface area contributed by atoms with Gasteiger partial charge in [-0.15, -0.1) is 11.8 Å². The van der Waals surface area contributed by atoms with Crippen LogP contribution in [0.15, 0.2) is 34.2 Å². The molecular formula is C12H15N3O2S2. The molecule has 2 rings (SSSR count). The molecule has 0 radical (unpaired) electrons. The molecule has 0 unspecified atom stereocenters. The number of sulfonamides is 1. The van der Waals surface area contributed by atoms with Crippen molar-refractivity contribution in [3.63, 3.8) is 0 Å². The van der Waals surface area contributed by atoms with E-state index in [1.54, 1.807) is 24.4 Å². The van der Waals surface area contributed by atoms with E-state index in [4.69, 9.17) is 0 Å². The summed E-state index contributed by atoms with van der Waals surface area (Å²) in [5, 5.41) is 6.48. The van der Waals surface area contributed by atoms with E-state index in [9.17, 15) is 8.42 Å². The molecule has 0 aliphatic carbocycles. The summed E-state index contributed by atoms with van der Waals surface area (Å²) < 4.78 is 27.0. The minimum atomic E-state index is -3.59. The number of aryl methyl sites for hydroxylation is 2. The van der Waals surface area contributed by atoms with Gasteiger partial charge in [0.25, 0.3) is 10.0 Å². The summed E-state index contributed by atoms with van der Waals surface area (Å²) in [6.45, 7) is 3.83. The maximum absolute atomic E-state index is 12.3. The number of benzene rings is 1. The maximum atomic E-state index is 12.3. The highest BCUT2D eigenvalue weighted by molar-refractivity contribution is 7.99. The number of rotatable bonds is 4. The zero-order valence-electron chi connectivity index (χ0n) is 10.9. The smallest absolute Gasteiger partial charge is 0.263 e. The van der Waals surface area contributed by atoms with Crippen LogP contribution >= 0.6 is 11.8 Å². The zero-order chi connectivity index (χ0) is 14.0. The molecule has 2 N–H and O–H groups in total. The molecule has 1 aromatic heterocycles. The molecule has 0 atom stereocenters. The van der Waals surface area contributed by atoms with Crippen LogP contribution in [0.2, 0.25) is 0 Å². The van der Waals surface area contributed by atoms with Gasteiger partial charge in [-0.3, -0.25) is 9.82 Å². The summed E-state index contributed by atoms with van der Waals surface area (Å²) in [7, 11) is -3.59. The molecule has 7 heteroatoms. The van der Waals surface area contributed by atoms with Gasteiger partial charge < -0.3 is 0 Å². The summed E-state index contributed by atoms with van der Waals surface area (Å²) in [6, 6.07) is 5.05. The third-order valence-corrected chi connectivity index (χ3v) is 4.95. The highest BCUT2D eigenvalue weighted by Crippen LogP contribution is 2.25. The Bertz CT molecular complexity index is 693. The van der Waals surface area contributed by atoms with Crippen molar-refractivity contribution in [2.24, 2.45) is 0 Å².